The minimum atomic E-state index is -0.243. The van der Waals surface area contributed by atoms with E-state index in [1.807, 2.05) is 36.0 Å². The smallest absolute Gasteiger partial charge is 0.293 e. The van der Waals surface area contributed by atoms with E-state index in [0.29, 0.717) is 0 Å². The number of hydrogen-bond donors (Lipinski definition) is 1. The number of nitrogens with zero attached hydrogens (tertiary/aromatic N) is 2. The summed E-state index contributed by atoms with van der Waals surface area (Å²) in [6, 6.07) is 12.1. The van der Waals surface area contributed by atoms with Gasteiger partial charge in [0.2, 0.25) is 6.04 Å². The molecule has 2 aromatic rings. The maximum absolute atomic E-state index is 12.5. The Kier molecular flexibility index (Phi) is 5.69. The fraction of sp³-hybridized carbons (Fsp3) is 0.429. The lowest BCUT2D eigenvalue weighted by Gasteiger charge is -2.28. The molecule has 1 aliphatic rings. The van der Waals surface area contributed by atoms with Crippen LogP contribution in [0.2, 0.25) is 0 Å². The first-order valence-electron chi connectivity index (χ1n) is 9.33. The minimum Gasteiger partial charge on any atom is -0.372 e. The SMILES string of the molecule is CCc1cc[n+]([C@H](C)C(=O)Nc2ccc(N3CCCCC3)cc2)cc1. The van der Waals surface area contributed by atoms with E-state index in [4.69, 9.17) is 0 Å². The first-order valence-corrected chi connectivity index (χ1v) is 9.33. The molecule has 0 saturated carbocycles. The number of carbonyl (C=O) groups is 1. The van der Waals surface area contributed by atoms with Crippen LogP contribution in [0.15, 0.2) is 48.8 Å². The van der Waals surface area contributed by atoms with Crippen molar-refractivity contribution in [2.75, 3.05) is 23.3 Å². The quantitative estimate of drug-likeness (QED) is 0.844. The minimum absolute atomic E-state index is 0.0000269. The van der Waals surface area contributed by atoms with E-state index in [-0.39, 0.29) is 11.9 Å². The number of piperidine rings is 1. The van der Waals surface area contributed by atoms with Crippen molar-refractivity contribution in [2.24, 2.45) is 0 Å². The molecule has 25 heavy (non-hydrogen) atoms. The average molecular weight is 338 g/mol. The van der Waals surface area contributed by atoms with Crippen LogP contribution >= 0.6 is 0 Å². The topological polar surface area (TPSA) is 36.2 Å². The van der Waals surface area contributed by atoms with Gasteiger partial charge >= 0.3 is 0 Å². The number of carbonyl (C=O) groups excluding carboxylic acids is 1. The molecule has 4 heteroatoms. The van der Waals surface area contributed by atoms with E-state index in [0.717, 1.165) is 25.2 Å². The standard InChI is InChI=1S/C21H27N3O/c1-3-18-11-15-23(16-12-18)17(2)21(25)22-19-7-9-20(10-8-19)24-13-5-4-6-14-24/h7-12,15-17H,3-6,13-14H2,1-2H3/p+1/t17-/m1/s1. The summed E-state index contributed by atoms with van der Waals surface area (Å²) in [6.45, 7) is 6.31. The Morgan fingerprint density at radius 2 is 1.72 bits per heavy atom. The predicted molar refractivity (Wildman–Crippen MR) is 102 cm³/mol. The fourth-order valence-electron chi connectivity index (χ4n) is 3.25. The maximum atomic E-state index is 12.5. The molecule has 1 amide bonds. The molecule has 1 aromatic heterocycles. The van der Waals surface area contributed by atoms with E-state index in [9.17, 15) is 4.79 Å². The van der Waals surface area contributed by atoms with Gasteiger partial charge in [-0.2, -0.15) is 4.57 Å². The zero-order valence-electron chi connectivity index (χ0n) is 15.2. The van der Waals surface area contributed by atoms with Crippen molar-refractivity contribution < 1.29 is 9.36 Å². The Labute approximate surface area is 150 Å². The second-order valence-corrected chi connectivity index (χ2v) is 6.77. The van der Waals surface area contributed by atoms with Gasteiger partial charge in [-0.15, -0.1) is 0 Å². The Hall–Kier alpha value is -2.36. The summed E-state index contributed by atoms with van der Waals surface area (Å²) in [5.41, 5.74) is 3.37. The number of rotatable bonds is 5. The molecule has 4 nitrogen and oxygen atoms in total. The Morgan fingerprint density at radius 1 is 1.08 bits per heavy atom. The lowest BCUT2D eigenvalue weighted by atomic mass is 10.1. The van der Waals surface area contributed by atoms with E-state index >= 15 is 0 Å². The Morgan fingerprint density at radius 3 is 2.32 bits per heavy atom. The average Bonchev–Trinajstić information content (AvgIpc) is 2.68. The van der Waals surface area contributed by atoms with Crippen LogP contribution in [-0.2, 0) is 11.2 Å². The number of aryl methyl sites for hydroxylation is 1. The summed E-state index contributed by atoms with van der Waals surface area (Å²) >= 11 is 0. The number of hydrogen-bond acceptors (Lipinski definition) is 2. The molecule has 0 aliphatic carbocycles. The monoisotopic (exact) mass is 338 g/mol. The third-order valence-corrected chi connectivity index (χ3v) is 5.01. The van der Waals surface area contributed by atoms with Crippen molar-refractivity contribution >= 4 is 17.3 Å². The lowest BCUT2D eigenvalue weighted by molar-refractivity contribution is -0.705. The molecule has 132 valence electrons. The molecule has 1 aromatic carbocycles. The number of amides is 1. The first kappa shape index (κ1) is 17.5. The molecule has 1 N–H and O–H groups in total. The molecular weight excluding hydrogens is 310 g/mol. The van der Waals surface area contributed by atoms with Crippen molar-refractivity contribution in [3.63, 3.8) is 0 Å². The molecule has 1 atom stereocenters. The van der Waals surface area contributed by atoms with Crippen molar-refractivity contribution in [3.05, 3.63) is 54.4 Å². The lowest BCUT2D eigenvalue weighted by Crippen LogP contribution is -2.44. The van der Waals surface area contributed by atoms with E-state index in [1.54, 1.807) is 0 Å². The van der Waals surface area contributed by atoms with Gasteiger partial charge in [-0.1, -0.05) is 6.92 Å². The molecule has 0 unspecified atom stereocenters. The molecular formula is C21H28N3O+. The van der Waals surface area contributed by atoms with Gasteiger partial charge in [0.1, 0.15) is 0 Å². The van der Waals surface area contributed by atoms with Gasteiger partial charge in [-0.3, -0.25) is 4.79 Å². The number of aromatic nitrogens is 1. The fourth-order valence-corrected chi connectivity index (χ4v) is 3.25. The molecule has 3 rings (SSSR count). The van der Waals surface area contributed by atoms with Crippen LogP contribution in [0.1, 0.15) is 44.7 Å². The van der Waals surface area contributed by atoms with E-state index < -0.39 is 0 Å². The van der Waals surface area contributed by atoms with Gasteiger partial charge in [0.05, 0.1) is 0 Å². The number of benzene rings is 1. The van der Waals surface area contributed by atoms with Crippen molar-refractivity contribution in [3.8, 4) is 0 Å². The largest absolute Gasteiger partial charge is 0.372 e. The highest BCUT2D eigenvalue weighted by Crippen LogP contribution is 2.22. The molecule has 0 bridgehead atoms. The van der Waals surface area contributed by atoms with Gasteiger partial charge in [0.25, 0.3) is 5.91 Å². The van der Waals surface area contributed by atoms with Gasteiger partial charge in [-0.05, 0) is 55.5 Å². The van der Waals surface area contributed by atoms with Gasteiger partial charge in [-0.25, -0.2) is 0 Å². The van der Waals surface area contributed by atoms with Crippen LogP contribution in [0.25, 0.3) is 0 Å². The third-order valence-electron chi connectivity index (χ3n) is 5.01. The zero-order valence-corrected chi connectivity index (χ0v) is 15.2. The molecule has 2 heterocycles. The Balaban J connectivity index is 1.61. The highest BCUT2D eigenvalue weighted by Gasteiger charge is 2.21. The molecule has 1 saturated heterocycles. The summed E-state index contributed by atoms with van der Waals surface area (Å²) < 4.78 is 1.94. The molecule has 0 radical (unpaired) electrons. The van der Waals surface area contributed by atoms with Crippen LogP contribution in [0.3, 0.4) is 0 Å². The van der Waals surface area contributed by atoms with Crippen molar-refractivity contribution in [2.45, 2.75) is 45.6 Å². The predicted octanol–water partition coefficient (Wildman–Crippen LogP) is 3.73. The third kappa shape index (κ3) is 4.38. The highest BCUT2D eigenvalue weighted by atomic mass is 16.2. The van der Waals surface area contributed by atoms with Crippen LogP contribution < -0.4 is 14.8 Å². The second kappa shape index (κ2) is 8.15. The number of anilines is 2. The van der Waals surface area contributed by atoms with Crippen LogP contribution in [0.4, 0.5) is 11.4 Å². The van der Waals surface area contributed by atoms with Gasteiger partial charge in [0, 0.05) is 43.5 Å². The van der Waals surface area contributed by atoms with Crippen molar-refractivity contribution in [1.29, 1.82) is 0 Å². The summed E-state index contributed by atoms with van der Waals surface area (Å²) in [6.07, 6.45) is 8.82. The zero-order chi connectivity index (χ0) is 17.6. The maximum Gasteiger partial charge on any atom is 0.293 e. The first-order chi connectivity index (χ1) is 12.2. The van der Waals surface area contributed by atoms with E-state index in [2.05, 4.69) is 41.4 Å². The normalized spacial score (nSPS) is 15.7. The highest BCUT2D eigenvalue weighted by molar-refractivity contribution is 5.92. The Bertz CT molecular complexity index is 688. The summed E-state index contributed by atoms with van der Waals surface area (Å²) in [5.74, 6) is -0.0000269. The van der Waals surface area contributed by atoms with Gasteiger partial charge in [0.15, 0.2) is 12.4 Å². The molecule has 0 spiro atoms. The summed E-state index contributed by atoms with van der Waals surface area (Å²) in [4.78, 5) is 14.9. The summed E-state index contributed by atoms with van der Waals surface area (Å²) in [5, 5.41) is 3.02. The van der Waals surface area contributed by atoms with E-state index in [1.165, 1.54) is 30.5 Å². The number of nitrogens with one attached hydrogen (secondary N) is 1. The summed E-state index contributed by atoms with van der Waals surface area (Å²) in [7, 11) is 0. The molecule has 1 aliphatic heterocycles. The number of pyridine rings is 1. The van der Waals surface area contributed by atoms with Crippen LogP contribution in [0.5, 0.6) is 0 Å². The van der Waals surface area contributed by atoms with Crippen LogP contribution in [-0.4, -0.2) is 19.0 Å². The second-order valence-electron chi connectivity index (χ2n) is 6.77. The van der Waals surface area contributed by atoms with Gasteiger partial charge < -0.3 is 10.2 Å². The molecule has 1 fully saturated rings. The van der Waals surface area contributed by atoms with Crippen molar-refractivity contribution in [1.82, 2.24) is 0 Å². The van der Waals surface area contributed by atoms with Crippen LogP contribution in [0, 0.1) is 0 Å².